The van der Waals surface area contributed by atoms with E-state index in [9.17, 15) is 4.79 Å². The van der Waals surface area contributed by atoms with E-state index in [0.717, 1.165) is 12.1 Å². The van der Waals surface area contributed by atoms with Crippen molar-refractivity contribution in [3.8, 4) is 17.2 Å². The van der Waals surface area contributed by atoms with Gasteiger partial charge in [-0.1, -0.05) is 19.1 Å². The SMILES string of the molecule is CCc1ccc(NC(=O)NCCOc2ccc3c(c2)OCO3)cc1. The number of carbonyl (C=O) groups excluding carboxylic acids is 1. The molecule has 0 radical (unpaired) electrons. The zero-order valence-corrected chi connectivity index (χ0v) is 13.5. The molecule has 3 rings (SSSR count). The molecule has 2 N–H and O–H groups in total. The van der Waals surface area contributed by atoms with Crippen LogP contribution in [0.2, 0.25) is 0 Å². The van der Waals surface area contributed by atoms with Gasteiger partial charge in [0.2, 0.25) is 6.79 Å². The Labute approximate surface area is 140 Å². The first kappa shape index (κ1) is 16.0. The van der Waals surface area contributed by atoms with E-state index in [2.05, 4.69) is 17.6 Å². The Balaban J connectivity index is 1.38. The maximum atomic E-state index is 11.8. The fourth-order valence-corrected chi connectivity index (χ4v) is 2.30. The first-order valence-electron chi connectivity index (χ1n) is 7.91. The van der Waals surface area contributed by atoms with Gasteiger partial charge in [0.25, 0.3) is 0 Å². The molecular formula is C18H20N2O4. The molecular weight excluding hydrogens is 308 g/mol. The maximum Gasteiger partial charge on any atom is 0.319 e. The highest BCUT2D eigenvalue weighted by atomic mass is 16.7. The monoisotopic (exact) mass is 328 g/mol. The smallest absolute Gasteiger partial charge is 0.319 e. The van der Waals surface area contributed by atoms with E-state index in [1.165, 1.54) is 5.56 Å². The summed E-state index contributed by atoms with van der Waals surface area (Å²) in [4.78, 5) is 11.8. The van der Waals surface area contributed by atoms with Crippen molar-refractivity contribution in [3.05, 3.63) is 48.0 Å². The average Bonchev–Trinajstić information content (AvgIpc) is 3.07. The molecule has 0 spiro atoms. The summed E-state index contributed by atoms with van der Waals surface area (Å²) in [6.07, 6.45) is 0.976. The first-order valence-corrected chi connectivity index (χ1v) is 7.91. The topological polar surface area (TPSA) is 68.8 Å². The van der Waals surface area contributed by atoms with Crippen molar-refractivity contribution in [2.45, 2.75) is 13.3 Å². The zero-order chi connectivity index (χ0) is 16.8. The second-order valence-corrected chi connectivity index (χ2v) is 5.29. The summed E-state index contributed by atoms with van der Waals surface area (Å²) in [6.45, 7) is 3.09. The van der Waals surface area contributed by atoms with Crippen LogP contribution in [0.25, 0.3) is 0 Å². The Kier molecular flexibility index (Phi) is 5.05. The predicted molar refractivity (Wildman–Crippen MR) is 90.9 cm³/mol. The number of amides is 2. The third-order valence-corrected chi connectivity index (χ3v) is 3.62. The Morgan fingerprint density at radius 3 is 2.71 bits per heavy atom. The molecule has 0 atom stereocenters. The first-order chi connectivity index (χ1) is 11.7. The quantitative estimate of drug-likeness (QED) is 0.799. The van der Waals surface area contributed by atoms with Crippen LogP contribution in [-0.2, 0) is 6.42 Å². The van der Waals surface area contributed by atoms with Crippen molar-refractivity contribution < 1.29 is 19.0 Å². The molecule has 1 heterocycles. The van der Waals surface area contributed by atoms with Gasteiger partial charge in [-0.25, -0.2) is 4.79 Å². The number of benzene rings is 2. The van der Waals surface area contributed by atoms with Crippen LogP contribution in [0.4, 0.5) is 10.5 Å². The fourth-order valence-electron chi connectivity index (χ4n) is 2.30. The minimum Gasteiger partial charge on any atom is -0.492 e. The van der Waals surface area contributed by atoms with E-state index >= 15 is 0 Å². The summed E-state index contributed by atoms with van der Waals surface area (Å²) < 4.78 is 16.1. The van der Waals surface area contributed by atoms with Crippen LogP contribution in [0.1, 0.15) is 12.5 Å². The molecule has 6 nitrogen and oxygen atoms in total. The number of carbonyl (C=O) groups is 1. The summed E-state index contributed by atoms with van der Waals surface area (Å²) in [5.41, 5.74) is 2.00. The normalized spacial score (nSPS) is 11.9. The second-order valence-electron chi connectivity index (χ2n) is 5.29. The molecule has 0 unspecified atom stereocenters. The Hall–Kier alpha value is -2.89. The van der Waals surface area contributed by atoms with Crippen molar-refractivity contribution in [1.29, 1.82) is 0 Å². The highest BCUT2D eigenvalue weighted by molar-refractivity contribution is 5.89. The van der Waals surface area contributed by atoms with Crippen LogP contribution in [0, 0.1) is 0 Å². The van der Waals surface area contributed by atoms with Gasteiger partial charge in [-0.2, -0.15) is 0 Å². The van der Waals surface area contributed by atoms with E-state index in [1.54, 1.807) is 12.1 Å². The summed E-state index contributed by atoms with van der Waals surface area (Å²) >= 11 is 0. The number of nitrogens with one attached hydrogen (secondary N) is 2. The van der Waals surface area contributed by atoms with E-state index in [-0.39, 0.29) is 12.8 Å². The van der Waals surface area contributed by atoms with Crippen LogP contribution < -0.4 is 24.8 Å². The van der Waals surface area contributed by atoms with Crippen molar-refractivity contribution in [2.75, 3.05) is 25.3 Å². The number of aryl methyl sites for hydroxylation is 1. The molecule has 0 bridgehead atoms. The van der Waals surface area contributed by atoms with E-state index in [0.29, 0.717) is 30.4 Å². The number of hydrogen-bond donors (Lipinski definition) is 2. The maximum absolute atomic E-state index is 11.8. The Bertz CT molecular complexity index is 701. The molecule has 1 aliphatic heterocycles. The molecule has 126 valence electrons. The van der Waals surface area contributed by atoms with Gasteiger partial charge in [0, 0.05) is 11.8 Å². The Morgan fingerprint density at radius 2 is 1.92 bits per heavy atom. The average molecular weight is 328 g/mol. The van der Waals surface area contributed by atoms with Gasteiger partial charge in [0.15, 0.2) is 11.5 Å². The van der Waals surface area contributed by atoms with Crippen LogP contribution in [0.3, 0.4) is 0 Å². The van der Waals surface area contributed by atoms with E-state index in [1.807, 2.05) is 30.3 Å². The highest BCUT2D eigenvalue weighted by Gasteiger charge is 2.13. The summed E-state index contributed by atoms with van der Waals surface area (Å²) in [7, 11) is 0. The van der Waals surface area contributed by atoms with Crippen LogP contribution in [0.5, 0.6) is 17.2 Å². The van der Waals surface area contributed by atoms with Crippen molar-refractivity contribution in [3.63, 3.8) is 0 Å². The van der Waals surface area contributed by atoms with Crippen molar-refractivity contribution in [1.82, 2.24) is 5.32 Å². The largest absolute Gasteiger partial charge is 0.492 e. The van der Waals surface area contributed by atoms with Gasteiger partial charge in [-0.3, -0.25) is 0 Å². The second kappa shape index (κ2) is 7.59. The number of anilines is 1. The standard InChI is InChI=1S/C18H20N2O4/c1-2-13-3-5-14(6-4-13)20-18(21)19-9-10-22-15-7-8-16-17(11-15)24-12-23-16/h3-8,11H,2,9-10,12H2,1H3,(H2,19,20,21). The predicted octanol–water partition coefficient (Wildman–Crippen LogP) is 3.18. The van der Waals surface area contributed by atoms with E-state index in [4.69, 9.17) is 14.2 Å². The zero-order valence-electron chi connectivity index (χ0n) is 13.5. The lowest BCUT2D eigenvalue weighted by Gasteiger charge is -2.10. The molecule has 2 aromatic carbocycles. The van der Waals surface area contributed by atoms with Gasteiger partial charge >= 0.3 is 6.03 Å². The number of hydrogen-bond acceptors (Lipinski definition) is 4. The fraction of sp³-hybridized carbons (Fsp3) is 0.278. The molecule has 24 heavy (non-hydrogen) atoms. The summed E-state index contributed by atoms with van der Waals surface area (Å²) in [6, 6.07) is 12.9. The summed E-state index contributed by atoms with van der Waals surface area (Å²) in [5, 5.41) is 5.54. The molecule has 0 saturated heterocycles. The molecule has 2 aromatic rings. The number of rotatable bonds is 6. The van der Waals surface area contributed by atoms with Gasteiger partial charge in [-0.05, 0) is 36.2 Å². The van der Waals surface area contributed by atoms with Gasteiger partial charge in [0.05, 0.1) is 6.54 Å². The molecule has 1 aliphatic rings. The molecule has 2 amide bonds. The minimum atomic E-state index is -0.256. The highest BCUT2D eigenvalue weighted by Crippen LogP contribution is 2.34. The van der Waals surface area contributed by atoms with Gasteiger partial charge in [-0.15, -0.1) is 0 Å². The van der Waals surface area contributed by atoms with Gasteiger partial charge in [0.1, 0.15) is 12.4 Å². The van der Waals surface area contributed by atoms with Crippen molar-refractivity contribution >= 4 is 11.7 Å². The lowest BCUT2D eigenvalue weighted by molar-refractivity contribution is 0.173. The lowest BCUT2D eigenvalue weighted by atomic mass is 10.1. The molecule has 0 aliphatic carbocycles. The lowest BCUT2D eigenvalue weighted by Crippen LogP contribution is -2.32. The molecule has 0 saturated carbocycles. The van der Waals surface area contributed by atoms with Crippen molar-refractivity contribution in [2.24, 2.45) is 0 Å². The third kappa shape index (κ3) is 4.10. The van der Waals surface area contributed by atoms with E-state index < -0.39 is 0 Å². The third-order valence-electron chi connectivity index (χ3n) is 3.62. The summed E-state index contributed by atoms with van der Waals surface area (Å²) in [5.74, 6) is 2.07. The Morgan fingerprint density at radius 1 is 1.12 bits per heavy atom. The van der Waals surface area contributed by atoms with Crippen LogP contribution in [0.15, 0.2) is 42.5 Å². The molecule has 0 fully saturated rings. The molecule has 0 aromatic heterocycles. The molecule has 6 heteroatoms. The number of ether oxygens (including phenoxy) is 3. The van der Waals surface area contributed by atoms with Crippen LogP contribution in [-0.4, -0.2) is 26.0 Å². The minimum absolute atomic E-state index is 0.236. The van der Waals surface area contributed by atoms with Gasteiger partial charge < -0.3 is 24.8 Å². The number of fused-ring (bicyclic) bond motifs is 1. The van der Waals surface area contributed by atoms with Crippen LogP contribution >= 0.6 is 0 Å². The number of urea groups is 1.